The molecule has 2 unspecified atom stereocenters. The Labute approximate surface area is 122 Å². The third kappa shape index (κ3) is 4.20. The van der Waals surface area contributed by atoms with Crippen LogP contribution in [0, 0.1) is 5.41 Å². The molecule has 1 N–H and O–H groups in total. The number of hydrogen-bond donors (Lipinski definition) is 1. The van der Waals surface area contributed by atoms with Gasteiger partial charge in [-0.3, -0.25) is 4.79 Å². The first kappa shape index (κ1) is 17.0. The van der Waals surface area contributed by atoms with Gasteiger partial charge >= 0.3 is 5.97 Å². The Hall–Kier alpha value is -1.09. The van der Waals surface area contributed by atoms with Crippen LogP contribution >= 0.6 is 0 Å². The van der Waals surface area contributed by atoms with Crippen molar-refractivity contribution in [3.63, 3.8) is 0 Å². The van der Waals surface area contributed by atoms with E-state index in [9.17, 15) is 9.90 Å². The zero-order chi connectivity index (χ0) is 15.6. The van der Waals surface area contributed by atoms with Gasteiger partial charge in [0.1, 0.15) is 6.10 Å². The van der Waals surface area contributed by atoms with E-state index in [0.717, 1.165) is 24.8 Å². The van der Waals surface area contributed by atoms with Gasteiger partial charge < -0.3 is 9.84 Å². The second-order valence-corrected chi connectivity index (χ2v) is 6.74. The summed E-state index contributed by atoms with van der Waals surface area (Å²) in [7, 11) is 0. The van der Waals surface area contributed by atoms with Gasteiger partial charge in [0.2, 0.25) is 0 Å². The lowest BCUT2D eigenvalue weighted by molar-refractivity contribution is -0.145. The molecule has 0 aromatic carbocycles. The van der Waals surface area contributed by atoms with Crippen molar-refractivity contribution in [1.82, 2.24) is 0 Å². The predicted molar refractivity (Wildman–Crippen MR) is 81.3 cm³/mol. The highest BCUT2D eigenvalue weighted by molar-refractivity contribution is 5.66. The second-order valence-electron chi connectivity index (χ2n) is 6.74. The number of rotatable bonds is 5. The first-order chi connectivity index (χ1) is 9.09. The molecule has 0 saturated heterocycles. The molecule has 0 bridgehead atoms. The van der Waals surface area contributed by atoms with Gasteiger partial charge in [0.25, 0.3) is 0 Å². The maximum absolute atomic E-state index is 11.2. The Bertz CT molecular complexity index is 416. The van der Waals surface area contributed by atoms with Crippen molar-refractivity contribution in [2.24, 2.45) is 5.41 Å². The van der Waals surface area contributed by atoms with Crippen molar-refractivity contribution in [3.8, 4) is 0 Å². The smallest absolute Gasteiger partial charge is 0.303 e. The van der Waals surface area contributed by atoms with Gasteiger partial charge in [-0.05, 0) is 50.5 Å². The van der Waals surface area contributed by atoms with Crippen molar-refractivity contribution in [3.05, 3.63) is 23.8 Å². The van der Waals surface area contributed by atoms with E-state index in [4.69, 9.17) is 4.74 Å². The summed E-state index contributed by atoms with van der Waals surface area (Å²) in [5.74, 6) is -0.230. The summed E-state index contributed by atoms with van der Waals surface area (Å²) in [6, 6.07) is 0. The Kier molecular flexibility index (Phi) is 5.20. The first-order valence-electron chi connectivity index (χ1n) is 7.32. The lowest BCUT2D eigenvalue weighted by Crippen LogP contribution is -2.32. The molecular weight excluding hydrogens is 252 g/mol. The predicted octanol–water partition coefficient (Wildman–Crippen LogP) is 3.77. The number of hydrogen-bond acceptors (Lipinski definition) is 3. The fourth-order valence-electron chi connectivity index (χ4n) is 2.95. The lowest BCUT2D eigenvalue weighted by Gasteiger charge is -2.39. The summed E-state index contributed by atoms with van der Waals surface area (Å²) >= 11 is 0. The van der Waals surface area contributed by atoms with Gasteiger partial charge in [0.05, 0.1) is 5.60 Å². The van der Waals surface area contributed by atoms with Crippen LogP contribution in [0.3, 0.4) is 0 Å². The molecule has 0 amide bonds. The molecule has 0 saturated carbocycles. The normalized spacial score (nSPS) is 25.0. The van der Waals surface area contributed by atoms with E-state index >= 15 is 0 Å². The molecule has 0 aromatic rings. The molecule has 0 fully saturated rings. The van der Waals surface area contributed by atoms with Crippen molar-refractivity contribution in [1.29, 1.82) is 0 Å². The molecular formula is C17H28O3. The largest absolute Gasteiger partial charge is 0.458 e. The van der Waals surface area contributed by atoms with Gasteiger partial charge in [-0.1, -0.05) is 25.5 Å². The molecule has 0 heterocycles. The number of esters is 1. The molecule has 0 aromatic heterocycles. The zero-order valence-electron chi connectivity index (χ0n) is 13.5. The highest BCUT2D eigenvalue weighted by atomic mass is 16.5. The molecule has 0 aliphatic heterocycles. The Morgan fingerprint density at radius 2 is 2.20 bits per heavy atom. The second kappa shape index (κ2) is 6.13. The first-order valence-corrected chi connectivity index (χ1v) is 7.32. The SMILES string of the molecule is C=CC(C)(O)CCC1=C(C)C(OC(C)=O)CCC1(C)C. The third-order valence-electron chi connectivity index (χ3n) is 4.44. The monoisotopic (exact) mass is 280 g/mol. The molecule has 1 rings (SSSR count). The molecule has 20 heavy (non-hydrogen) atoms. The van der Waals surface area contributed by atoms with Crippen LogP contribution in [-0.2, 0) is 9.53 Å². The summed E-state index contributed by atoms with van der Waals surface area (Å²) in [4.78, 5) is 11.2. The van der Waals surface area contributed by atoms with Crippen LogP contribution in [-0.4, -0.2) is 22.8 Å². The van der Waals surface area contributed by atoms with Gasteiger partial charge in [0.15, 0.2) is 0 Å². The van der Waals surface area contributed by atoms with Crippen LogP contribution in [0.4, 0.5) is 0 Å². The molecule has 2 atom stereocenters. The number of allylic oxidation sites excluding steroid dienone is 1. The van der Waals surface area contributed by atoms with E-state index in [0.29, 0.717) is 6.42 Å². The summed E-state index contributed by atoms with van der Waals surface area (Å²) in [5.41, 5.74) is 1.70. The number of carbonyl (C=O) groups excluding carboxylic acids is 1. The van der Waals surface area contributed by atoms with Crippen molar-refractivity contribution in [2.45, 2.75) is 72.0 Å². The minimum Gasteiger partial charge on any atom is -0.458 e. The lowest BCUT2D eigenvalue weighted by atomic mass is 9.69. The maximum Gasteiger partial charge on any atom is 0.303 e. The number of carbonyl (C=O) groups is 1. The Balaban J connectivity index is 2.95. The van der Waals surface area contributed by atoms with Crippen molar-refractivity contribution in [2.75, 3.05) is 0 Å². The minimum atomic E-state index is -0.849. The van der Waals surface area contributed by atoms with Crippen LogP contribution in [0.25, 0.3) is 0 Å². The molecule has 0 spiro atoms. The van der Waals surface area contributed by atoms with E-state index in [1.807, 2.05) is 6.92 Å². The minimum absolute atomic E-state index is 0.0952. The zero-order valence-corrected chi connectivity index (χ0v) is 13.5. The summed E-state index contributed by atoms with van der Waals surface area (Å²) in [6.45, 7) is 13.4. The van der Waals surface area contributed by atoms with E-state index in [1.54, 1.807) is 13.0 Å². The standard InChI is InChI=1S/C17H28O3/c1-7-17(6,19)11-8-14-12(2)15(20-13(3)18)9-10-16(14,4)5/h7,15,19H,1,8-11H2,2-6H3. The van der Waals surface area contributed by atoms with Crippen molar-refractivity contribution >= 4 is 5.97 Å². The molecule has 1 aliphatic rings. The molecule has 3 nitrogen and oxygen atoms in total. The van der Waals surface area contributed by atoms with Crippen LogP contribution < -0.4 is 0 Å². The molecule has 0 radical (unpaired) electrons. The van der Waals surface area contributed by atoms with E-state index in [-0.39, 0.29) is 17.5 Å². The molecule has 3 heteroatoms. The quantitative estimate of drug-likeness (QED) is 0.616. The van der Waals surface area contributed by atoms with Crippen LogP contribution in [0.5, 0.6) is 0 Å². The Morgan fingerprint density at radius 3 is 2.70 bits per heavy atom. The topological polar surface area (TPSA) is 46.5 Å². The molecule has 114 valence electrons. The number of aliphatic hydroxyl groups is 1. The average molecular weight is 280 g/mol. The molecule has 1 aliphatic carbocycles. The summed E-state index contributed by atoms with van der Waals surface area (Å²) in [5, 5.41) is 10.1. The van der Waals surface area contributed by atoms with Crippen LogP contribution in [0.15, 0.2) is 23.8 Å². The van der Waals surface area contributed by atoms with Gasteiger partial charge in [0, 0.05) is 6.92 Å². The fraction of sp³-hybridized carbons (Fsp3) is 0.706. The Morgan fingerprint density at radius 1 is 1.60 bits per heavy atom. The van der Waals surface area contributed by atoms with Crippen LogP contribution in [0.1, 0.15) is 60.3 Å². The average Bonchev–Trinajstić information content (AvgIpc) is 2.32. The van der Waals surface area contributed by atoms with Gasteiger partial charge in [-0.15, -0.1) is 6.58 Å². The van der Waals surface area contributed by atoms with Gasteiger partial charge in [-0.2, -0.15) is 0 Å². The third-order valence-corrected chi connectivity index (χ3v) is 4.44. The van der Waals surface area contributed by atoms with E-state index in [2.05, 4.69) is 20.4 Å². The fourth-order valence-corrected chi connectivity index (χ4v) is 2.95. The highest BCUT2D eigenvalue weighted by Gasteiger charge is 2.35. The highest BCUT2D eigenvalue weighted by Crippen LogP contribution is 2.44. The number of ether oxygens (including phenoxy) is 1. The van der Waals surface area contributed by atoms with Gasteiger partial charge in [-0.25, -0.2) is 0 Å². The maximum atomic E-state index is 11.2. The summed E-state index contributed by atoms with van der Waals surface area (Å²) in [6.07, 6.45) is 4.79. The van der Waals surface area contributed by atoms with E-state index < -0.39 is 5.60 Å². The van der Waals surface area contributed by atoms with E-state index in [1.165, 1.54) is 12.5 Å². The summed E-state index contributed by atoms with van der Waals surface area (Å²) < 4.78 is 5.41. The van der Waals surface area contributed by atoms with Crippen LogP contribution in [0.2, 0.25) is 0 Å². The van der Waals surface area contributed by atoms with Crippen molar-refractivity contribution < 1.29 is 14.6 Å².